The third kappa shape index (κ3) is 4.91. The molecule has 1 aliphatic rings. The van der Waals surface area contributed by atoms with Crippen LogP contribution in [-0.2, 0) is 14.4 Å². The number of oxime groups is 1. The van der Waals surface area contributed by atoms with Gasteiger partial charge in [-0.05, 0) is 50.2 Å². The molecule has 40 heavy (non-hydrogen) atoms. The molecule has 1 fully saturated rings. The summed E-state index contributed by atoms with van der Waals surface area (Å²) in [5.41, 5.74) is 2.89. The van der Waals surface area contributed by atoms with E-state index in [1.165, 1.54) is 0 Å². The molecule has 9 heteroatoms. The van der Waals surface area contributed by atoms with E-state index in [1.807, 2.05) is 56.3 Å². The number of amidine groups is 1. The Bertz CT molecular complexity index is 1700. The topological polar surface area (TPSA) is 94.6 Å². The van der Waals surface area contributed by atoms with E-state index < -0.39 is 23.1 Å². The molecule has 1 saturated heterocycles. The van der Waals surface area contributed by atoms with Gasteiger partial charge in [0.2, 0.25) is 5.78 Å². The van der Waals surface area contributed by atoms with Crippen LogP contribution in [0, 0.1) is 6.57 Å². The number of rotatable bonds is 7. The van der Waals surface area contributed by atoms with Crippen molar-refractivity contribution in [2.24, 2.45) is 5.16 Å². The fourth-order valence-electron chi connectivity index (χ4n) is 5.12. The van der Waals surface area contributed by atoms with E-state index in [0.717, 1.165) is 34.4 Å². The number of ether oxygens (including phenoxy) is 1. The quantitative estimate of drug-likeness (QED) is 0.0819. The lowest BCUT2D eigenvalue weighted by Crippen LogP contribution is -2.54. The van der Waals surface area contributed by atoms with Gasteiger partial charge >= 0.3 is 11.8 Å². The van der Waals surface area contributed by atoms with Gasteiger partial charge in [0.15, 0.2) is 5.78 Å². The van der Waals surface area contributed by atoms with Crippen LogP contribution in [0.3, 0.4) is 0 Å². The maximum absolute atomic E-state index is 13.7. The fraction of sp³-hybridized carbons (Fsp3) is 0.258. The van der Waals surface area contributed by atoms with Crippen molar-refractivity contribution in [2.75, 3.05) is 26.3 Å². The highest BCUT2D eigenvalue weighted by Gasteiger charge is 2.36. The van der Waals surface area contributed by atoms with Crippen molar-refractivity contribution >= 4 is 45.2 Å². The average Bonchev–Trinajstić information content (AvgIpc) is 3.31. The monoisotopic (exact) mass is 536 g/mol. The van der Waals surface area contributed by atoms with Crippen molar-refractivity contribution in [3.63, 3.8) is 0 Å². The summed E-state index contributed by atoms with van der Waals surface area (Å²) in [4.78, 5) is 47.2. The molecule has 3 aromatic carbocycles. The van der Waals surface area contributed by atoms with Crippen molar-refractivity contribution in [3.8, 4) is 5.69 Å². The Morgan fingerprint density at radius 3 is 2.25 bits per heavy atom. The molecule has 202 valence electrons. The number of carbonyl (C=O) groups is 3. The molecule has 0 amide bonds. The van der Waals surface area contributed by atoms with Gasteiger partial charge in [0, 0.05) is 47.6 Å². The number of para-hydroxylation sites is 1. The summed E-state index contributed by atoms with van der Waals surface area (Å²) >= 11 is 0. The Morgan fingerprint density at radius 1 is 0.925 bits per heavy atom. The van der Waals surface area contributed by atoms with Gasteiger partial charge in [-0.15, -0.1) is 0 Å². The number of Topliss-reactive ketones (excluding diaryl/α,β-unsaturated/α-hetero) is 2. The second-order valence-corrected chi connectivity index (χ2v) is 10.1. The number of hydrogen-bond acceptors (Lipinski definition) is 7. The Balaban J connectivity index is 1.53. The highest BCUT2D eigenvalue weighted by atomic mass is 16.7. The van der Waals surface area contributed by atoms with E-state index in [-0.39, 0.29) is 11.3 Å². The maximum atomic E-state index is 13.7. The lowest BCUT2D eigenvalue weighted by atomic mass is 9.90. The predicted molar refractivity (Wildman–Crippen MR) is 152 cm³/mol. The number of ketones is 2. The summed E-state index contributed by atoms with van der Waals surface area (Å²) in [6, 6.07) is 20.5. The molecule has 0 N–H and O–H groups in total. The molecular formula is C31H28N4O5. The molecule has 0 unspecified atom stereocenters. The van der Waals surface area contributed by atoms with Crippen LogP contribution in [0.2, 0.25) is 0 Å². The highest BCUT2D eigenvalue weighted by Crippen LogP contribution is 2.34. The normalized spacial score (nSPS) is 14.7. The Kier molecular flexibility index (Phi) is 7.30. The summed E-state index contributed by atoms with van der Waals surface area (Å²) in [7, 11) is 0. The third-order valence-corrected chi connectivity index (χ3v) is 7.25. The lowest BCUT2D eigenvalue weighted by molar-refractivity contribution is -0.140. The van der Waals surface area contributed by atoms with Gasteiger partial charge < -0.3 is 18.9 Å². The van der Waals surface area contributed by atoms with Crippen molar-refractivity contribution in [1.29, 1.82) is 0 Å². The zero-order valence-electron chi connectivity index (χ0n) is 22.5. The van der Waals surface area contributed by atoms with Crippen molar-refractivity contribution < 1.29 is 24.0 Å². The van der Waals surface area contributed by atoms with Crippen LogP contribution in [0.1, 0.15) is 41.5 Å². The summed E-state index contributed by atoms with van der Waals surface area (Å²) in [6.07, 6.45) is 0. The van der Waals surface area contributed by atoms with E-state index in [4.69, 9.17) is 11.3 Å². The molecule has 9 nitrogen and oxygen atoms in total. The van der Waals surface area contributed by atoms with E-state index in [2.05, 4.69) is 24.3 Å². The van der Waals surface area contributed by atoms with Gasteiger partial charge in [0.25, 0.3) is 0 Å². The fourth-order valence-corrected chi connectivity index (χ4v) is 5.12. The number of carbonyl (C=O) groups excluding carboxylic acids is 3. The molecule has 0 saturated carbocycles. The minimum absolute atomic E-state index is 0.0574. The first kappa shape index (κ1) is 26.9. The second kappa shape index (κ2) is 10.8. The molecule has 2 heterocycles. The standard InChI is InChI=1S/C31H28N4O5/c1-20(36)40-33-30(32-4)28(37)21-9-12-23(13-10-21)35-26-8-6-5-7-24(26)25-19-22(11-14-27(25)35)29(38)31(2,3)34-15-17-39-18-16-34/h5-14,19H,15-18H2,1-3H3/b33-30-. The van der Waals surface area contributed by atoms with Gasteiger partial charge in [-0.25, -0.2) is 9.63 Å². The van der Waals surface area contributed by atoms with Crippen LogP contribution in [0.4, 0.5) is 0 Å². The van der Waals surface area contributed by atoms with Crippen LogP contribution in [0.15, 0.2) is 71.9 Å². The first-order valence-corrected chi connectivity index (χ1v) is 12.9. The highest BCUT2D eigenvalue weighted by molar-refractivity contribution is 6.48. The zero-order chi connectivity index (χ0) is 28.4. The largest absolute Gasteiger partial charge is 0.379 e. The molecule has 4 aromatic rings. The molecule has 1 aromatic heterocycles. The number of benzene rings is 3. The summed E-state index contributed by atoms with van der Waals surface area (Å²) in [6.45, 7) is 14.9. The SMILES string of the molecule is [C-]#[N+]/C(=N\OC(C)=O)C(=O)c1ccc(-n2c3ccccc3c3cc(C(=O)C(C)(C)N4CCOCC4)ccc32)cc1. The molecule has 1 aliphatic heterocycles. The Hall–Kier alpha value is -4.65. The van der Waals surface area contributed by atoms with E-state index >= 15 is 0 Å². The first-order valence-electron chi connectivity index (χ1n) is 12.9. The number of hydrogen-bond donors (Lipinski definition) is 0. The summed E-state index contributed by atoms with van der Waals surface area (Å²) in [5, 5.41) is 5.31. The van der Waals surface area contributed by atoms with E-state index in [1.54, 1.807) is 24.3 Å². The van der Waals surface area contributed by atoms with E-state index in [9.17, 15) is 14.4 Å². The van der Waals surface area contributed by atoms with Crippen LogP contribution >= 0.6 is 0 Å². The molecule has 0 aliphatic carbocycles. The molecule has 0 atom stereocenters. The first-order chi connectivity index (χ1) is 19.2. The van der Waals surface area contributed by atoms with E-state index in [0.29, 0.717) is 31.9 Å². The maximum Gasteiger partial charge on any atom is 0.363 e. The Labute approximate surface area is 231 Å². The number of aromatic nitrogens is 1. The molecule has 0 radical (unpaired) electrons. The predicted octanol–water partition coefficient (Wildman–Crippen LogP) is 5.06. The van der Waals surface area contributed by atoms with Crippen molar-refractivity contribution in [3.05, 3.63) is 89.3 Å². The molecule has 0 spiro atoms. The molecule has 5 rings (SSSR count). The minimum atomic E-state index is -0.717. The average molecular weight is 537 g/mol. The van der Waals surface area contributed by atoms with Gasteiger partial charge in [-0.3, -0.25) is 9.69 Å². The number of nitrogens with zero attached hydrogens (tertiary/aromatic N) is 4. The molecular weight excluding hydrogens is 508 g/mol. The van der Waals surface area contributed by atoms with Crippen molar-refractivity contribution in [2.45, 2.75) is 26.3 Å². The van der Waals surface area contributed by atoms with Crippen molar-refractivity contribution in [1.82, 2.24) is 9.47 Å². The Morgan fingerprint density at radius 2 is 1.57 bits per heavy atom. The van der Waals surface area contributed by atoms with Crippen LogP contribution in [-0.4, -0.2) is 64.7 Å². The van der Waals surface area contributed by atoms with Crippen LogP contribution in [0.5, 0.6) is 0 Å². The van der Waals surface area contributed by atoms with Gasteiger partial charge in [0.1, 0.15) is 0 Å². The van der Waals surface area contributed by atoms with Gasteiger partial charge in [-0.1, -0.05) is 36.9 Å². The minimum Gasteiger partial charge on any atom is -0.379 e. The number of morpholine rings is 1. The van der Waals surface area contributed by atoms with Crippen LogP contribution in [0.25, 0.3) is 32.3 Å². The zero-order valence-corrected chi connectivity index (χ0v) is 22.5. The van der Waals surface area contributed by atoms with Crippen LogP contribution < -0.4 is 0 Å². The summed E-state index contributed by atoms with van der Waals surface area (Å²) < 4.78 is 7.55. The smallest absolute Gasteiger partial charge is 0.363 e. The summed E-state index contributed by atoms with van der Waals surface area (Å²) in [5.74, 6) is -1.83. The van der Waals surface area contributed by atoms with Gasteiger partial charge in [0.05, 0.1) is 34.9 Å². The third-order valence-electron chi connectivity index (χ3n) is 7.25. The lowest BCUT2D eigenvalue weighted by Gasteiger charge is -2.39. The second-order valence-electron chi connectivity index (χ2n) is 10.1. The van der Waals surface area contributed by atoms with Gasteiger partial charge in [-0.2, -0.15) is 0 Å². The molecule has 0 bridgehead atoms. The number of fused-ring (bicyclic) bond motifs is 3.